The van der Waals surface area contributed by atoms with Crippen LogP contribution in [0.2, 0.25) is 0 Å². The molecule has 0 aliphatic heterocycles. The van der Waals surface area contributed by atoms with Gasteiger partial charge in [-0.25, -0.2) is 4.98 Å². The van der Waals surface area contributed by atoms with Gasteiger partial charge >= 0.3 is 0 Å². The van der Waals surface area contributed by atoms with Crippen LogP contribution in [0.15, 0.2) is 23.3 Å². The fourth-order valence-electron chi connectivity index (χ4n) is 1.39. The van der Waals surface area contributed by atoms with Gasteiger partial charge in [-0.15, -0.1) is 0 Å². The zero-order chi connectivity index (χ0) is 9.42. The predicted octanol–water partition coefficient (Wildman–Crippen LogP) is 0.824. The van der Waals surface area contributed by atoms with Crippen molar-refractivity contribution in [3.8, 4) is 0 Å². The summed E-state index contributed by atoms with van der Waals surface area (Å²) in [5, 5.41) is 0. The van der Waals surface area contributed by atoms with Crippen molar-refractivity contribution in [1.82, 2.24) is 14.0 Å². The summed E-state index contributed by atoms with van der Waals surface area (Å²) >= 11 is 0. The minimum atomic E-state index is -0.0188. The van der Waals surface area contributed by atoms with Crippen molar-refractivity contribution in [1.29, 1.82) is 0 Å². The summed E-state index contributed by atoms with van der Waals surface area (Å²) in [6.07, 6.45) is 3.61. The second-order valence-electron chi connectivity index (χ2n) is 2.99. The van der Waals surface area contributed by atoms with Crippen LogP contribution in [0, 0.1) is 6.92 Å². The first-order valence-electron chi connectivity index (χ1n) is 4.27. The Kier molecular flexibility index (Phi) is 1.69. The molecule has 0 radical (unpaired) electrons. The van der Waals surface area contributed by atoms with Crippen LogP contribution >= 0.6 is 0 Å². The van der Waals surface area contributed by atoms with Crippen LogP contribution in [-0.2, 0) is 6.54 Å². The molecule has 0 unspecified atom stereocenters. The zero-order valence-corrected chi connectivity index (χ0v) is 7.69. The molecule has 2 heterocycles. The van der Waals surface area contributed by atoms with Crippen LogP contribution in [0.25, 0.3) is 5.78 Å². The highest BCUT2D eigenvalue weighted by molar-refractivity contribution is 5.30. The van der Waals surface area contributed by atoms with Gasteiger partial charge in [0.15, 0.2) is 0 Å². The first-order valence-corrected chi connectivity index (χ1v) is 4.27. The Bertz CT molecular complexity index is 495. The number of aryl methyl sites for hydroxylation is 2. The van der Waals surface area contributed by atoms with E-state index < -0.39 is 0 Å². The second kappa shape index (κ2) is 2.73. The largest absolute Gasteiger partial charge is 0.317 e. The van der Waals surface area contributed by atoms with Gasteiger partial charge in [-0.1, -0.05) is 0 Å². The van der Waals surface area contributed by atoms with Gasteiger partial charge in [0, 0.05) is 30.7 Å². The summed E-state index contributed by atoms with van der Waals surface area (Å²) in [7, 11) is 0. The molecule has 0 saturated carbocycles. The Hall–Kier alpha value is -1.58. The lowest BCUT2D eigenvalue weighted by molar-refractivity contribution is 0.772. The second-order valence-corrected chi connectivity index (χ2v) is 2.99. The van der Waals surface area contributed by atoms with E-state index in [2.05, 4.69) is 4.98 Å². The van der Waals surface area contributed by atoms with E-state index in [1.807, 2.05) is 24.6 Å². The molecule has 0 spiro atoms. The van der Waals surface area contributed by atoms with Crippen molar-refractivity contribution >= 4 is 5.78 Å². The Labute approximate surface area is 75.5 Å². The molecule has 0 saturated heterocycles. The quantitative estimate of drug-likeness (QED) is 0.647. The Morgan fingerprint density at radius 3 is 2.92 bits per heavy atom. The zero-order valence-electron chi connectivity index (χ0n) is 7.69. The van der Waals surface area contributed by atoms with Gasteiger partial charge < -0.3 is 4.57 Å². The van der Waals surface area contributed by atoms with E-state index in [1.54, 1.807) is 10.6 Å². The van der Waals surface area contributed by atoms with E-state index in [0.717, 1.165) is 12.2 Å². The Morgan fingerprint density at radius 1 is 1.46 bits per heavy atom. The molecule has 13 heavy (non-hydrogen) atoms. The SMILES string of the molecule is CCn1ccn2c(=O)cc(C)nc12. The third-order valence-electron chi connectivity index (χ3n) is 2.05. The van der Waals surface area contributed by atoms with E-state index in [4.69, 9.17) is 0 Å². The van der Waals surface area contributed by atoms with Crippen molar-refractivity contribution in [2.45, 2.75) is 20.4 Å². The lowest BCUT2D eigenvalue weighted by Crippen LogP contribution is -2.13. The predicted molar refractivity (Wildman–Crippen MR) is 49.9 cm³/mol. The molecule has 0 atom stereocenters. The average Bonchev–Trinajstić information content (AvgIpc) is 2.47. The molecule has 2 aromatic heterocycles. The average molecular weight is 177 g/mol. The molecule has 68 valence electrons. The molecule has 4 heteroatoms. The maximum atomic E-state index is 11.4. The smallest absolute Gasteiger partial charge is 0.259 e. The first kappa shape index (κ1) is 8.04. The Balaban J connectivity index is 2.90. The highest BCUT2D eigenvalue weighted by Crippen LogP contribution is 1.99. The summed E-state index contributed by atoms with van der Waals surface area (Å²) in [5.74, 6) is 0.715. The maximum absolute atomic E-state index is 11.4. The van der Waals surface area contributed by atoms with Crippen LogP contribution in [-0.4, -0.2) is 14.0 Å². The van der Waals surface area contributed by atoms with Gasteiger partial charge in [0.05, 0.1) is 0 Å². The normalized spacial score (nSPS) is 10.9. The Morgan fingerprint density at radius 2 is 2.23 bits per heavy atom. The fraction of sp³-hybridized carbons (Fsp3) is 0.333. The maximum Gasteiger partial charge on any atom is 0.259 e. The highest BCUT2D eigenvalue weighted by atomic mass is 16.1. The van der Waals surface area contributed by atoms with Crippen LogP contribution in [0.5, 0.6) is 0 Å². The standard InChI is InChI=1S/C9H11N3O/c1-3-11-4-5-12-8(13)6-7(2)10-9(11)12/h4-6H,3H2,1-2H3. The van der Waals surface area contributed by atoms with Crippen molar-refractivity contribution < 1.29 is 0 Å². The summed E-state index contributed by atoms with van der Waals surface area (Å²) in [6.45, 7) is 4.68. The van der Waals surface area contributed by atoms with E-state index in [-0.39, 0.29) is 5.56 Å². The summed E-state index contributed by atoms with van der Waals surface area (Å²) in [5.41, 5.74) is 0.744. The summed E-state index contributed by atoms with van der Waals surface area (Å²) < 4.78 is 3.49. The number of fused-ring (bicyclic) bond motifs is 1. The molecule has 0 bridgehead atoms. The third kappa shape index (κ3) is 1.14. The molecule has 0 amide bonds. The van der Waals surface area contributed by atoms with Gasteiger partial charge in [-0.3, -0.25) is 9.20 Å². The number of rotatable bonds is 1. The highest BCUT2D eigenvalue weighted by Gasteiger charge is 2.02. The van der Waals surface area contributed by atoms with E-state index >= 15 is 0 Å². The van der Waals surface area contributed by atoms with Crippen LogP contribution in [0.3, 0.4) is 0 Å². The van der Waals surface area contributed by atoms with E-state index in [1.165, 1.54) is 6.07 Å². The van der Waals surface area contributed by atoms with Gasteiger partial charge in [0.25, 0.3) is 5.56 Å². The van der Waals surface area contributed by atoms with Gasteiger partial charge in [-0.05, 0) is 13.8 Å². The van der Waals surface area contributed by atoms with Crippen molar-refractivity contribution in [3.05, 3.63) is 34.5 Å². The fourth-order valence-corrected chi connectivity index (χ4v) is 1.39. The molecule has 0 fully saturated rings. The molecule has 0 N–H and O–H groups in total. The number of aromatic nitrogens is 3. The molecular weight excluding hydrogens is 166 g/mol. The minimum absolute atomic E-state index is 0.0188. The van der Waals surface area contributed by atoms with Gasteiger partial charge in [-0.2, -0.15) is 0 Å². The molecule has 0 aromatic carbocycles. The molecule has 0 aliphatic rings. The molecular formula is C9H11N3O. The van der Waals surface area contributed by atoms with Crippen LogP contribution in [0.1, 0.15) is 12.6 Å². The van der Waals surface area contributed by atoms with Crippen molar-refractivity contribution in [3.63, 3.8) is 0 Å². The number of imidazole rings is 1. The van der Waals surface area contributed by atoms with E-state index in [9.17, 15) is 4.79 Å². The summed E-state index contributed by atoms with van der Waals surface area (Å²) in [4.78, 5) is 15.7. The molecule has 2 aromatic rings. The number of nitrogens with zero attached hydrogens (tertiary/aromatic N) is 3. The molecule has 0 aliphatic carbocycles. The van der Waals surface area contributed by atoms with Gasteiger partial charge in [0.1, 0.15) is 0 Å². The van der Waals surface area contributed by atoms with Crippen molar-refractivity contribution in [2.75, 3.05) is 0 Å². The first-order chi connectivity index (χ1) is 6.22. The molecule has 2 rings (SSSR count). The molecule has 4 nitrogen and oxygen atoms in total. The number of hydrogen-bond acceptors (Lipinski definition) is 2. The lowest BCUT2D eigenvalue weighted by Gasteiger charge is -1.99. The van der Waals surface area contributed by atoms with Crippen LogP contribution < -0.4 is 5.56 Å². The topological polar surface area (TPSA) is 39.3 Å². The van der Waals surface area contributed by atoms with Crippen LogP contribution in [0.4, 0.5) is 0 Å². The minimum Gasteiger partial charge on any atom is -0.317 e. The van der Waals surface area contributed by atoms with Crippen molar-refractivity contribution in [2.24, 2.45) is 0 Å². The summed E-state index contributed by atoms with van der Waals surface area (Å²) in [6, 6.07) is 1.53. The number of hydrogen-bond donors (Lipinski definition) is 0. The van der Waals surface area contributed by atoms with E-state index in [0.29, 0.717) is 5.78 Å². The monoisotopic (exact) mass is 177 g/mol. The third-order valence-corrected chi connectivity index (χ3v) is 2.05. The van der Waals surface area contributed by atoms with Gasteiger partial charge in [0.2, 0.25) is 5.78 Å². The lowest BCUT2D eigenvalue weighted by atomic mass is 10.4.